The standard InChI is InChI=1S/C15H12F8O4/c1-12(2,3)7-4-5-8(26-11(25)14(18,19)20)9(6-7)27-10(24)13(16,17)15(21,22)23/h4-6H,1-3H3. The summed E-state index contributed by atoms with van der Waals surface area (Å²) in [5.41, 5.74) is -0.576. The second-order valence-electron chi connectivity index (χ2n) is 6.26. The van der Waals surface area contributed by atoms with Crippen LogP contribution in [0.3, 0.4) is 0 Å². The van der Waals surface area contributed by atoms with Crippen molar-refractivity contribution < 1.29 is 54.2 Å². The van der Waals surface area contributed by atoms with Gasteiger partial charge in [0.15, 0.2) is 11.5 Å². The van der Waals surface area contributed by atoms with E-state index in [0.29, 0.717) is 6.07 Å². The lowest BCUT2D eigenvalue weighted by atomic mass is 9.87. The molecule has 0 fully saturated rings. The molecule has 0 aromatic heterocycles. The van der Waals surface area contributed by atoms with Gasteiger partial charge in [-0.05, 0) is 23.1 Å². The van der Waals surface area contributed by atoms with Gasteiger partial charge in [0.05, 0.1) is 0 Å². The zero-order chi connectivity index (χ0) is 21.4. The Morgan fingerprint density at radius 2 is 1.26 bits per heavy atom. The molecule has 0 saturated heterocycles. The van der Waals surface area contributed by atoms with E-state index < -0.39 is 47.1 Å². The highest BCUT2D eigenvalue weighted by Gasteiger charge is 2.65. The number of ether oxygens (including phenoxy) is 2. The minimum atomic E-state index is -6.30. The van der Waals surface area contributed by atoms with Crippen molar-refractivity contribution in [1.29, 1.82) is 0 Å². The number of hydrogen-bond donors (Lipinski definition) is 0. The van der Waals surface area contributed by atoms with E-state index in [0.717, 1.165) is 12.1 Å². The molecule has 12 heteroatoms. The fraction of sp³-hybridized carbons (Fsp3) is 0.467. The van der Waals surface area contributed by atoms with Gasteiger partial charge >= 0.3 is 30.2 Å². The largest absolute Gasteiger partial charge is 0.491 e. The minimum absolute atomic E-state index is 0.187. The normalized spacial score (nSPS) is 13.3. The zero-order valence-corrected chi connectivity index (χ0v) is 13.9. The van der Waals surface area contributed by atoms with Gasteiger partial charge in [-0.15, -0.1) is 0 Å². The lowest BCUT2D eigenvalue weighted by molar-refractivity contribution is -0.276. The molecule has 0 spiro atoms. The average molecular weight is 408 g/mol. The second kappa shape index (κ2) is 6.97. The Labute approximate surface area is 147 Å². The minimum Gasteiger partial charge on any atom is -0.418 e. The molecule has 0 aliphatic carbocycles. The summed E-state index contributed by atoms with van der Waals surface area (Å²) in [6, 6.07) is 2.53. The number of hydrogen-bond acceptors (Lipinski definition) is 4. The van der Waals surface area contributed by atoms with Crippen molar-refractivity contribution in [3.05, 3.63) is 23.8 Å². The number of benzene rings is 1. The van der Waals surface area contributed by atoms with Crippen LogP contribution in [0, 0.1) is 0 Å². The van der Waals surface area contributed by atoms with E-state index in [-0.39, 0.29) is 5.56 Å². The van der Waals surface area contributed by atoms with E-state index in [1.807, 2.05) is 0 Å². The summed E-state index contributed by atoms with van der Waals surface area (Å²) >= 11 is 0. The fourth-order valence-corrected chi connectivity index (χ4v) is 1.58. The van der Waals surface area contributed by atoms with Crippen LogP contribution in [0.2, 0.25) is 0 Å². The van der Waals surface area contributed by atoms with Crippen molar-refractivity contribution in [2.45, 2.75) is 44.5 Å². The van der Waals surface area contributed by atoms with E-state index in [1.165, 1.54) is 0 Å². The summed E-state index contributed by atoms with van der Waals surface area (Å²) < 4.78 is 108. The molecule has 0 N–H and O–H groups in total. The van der Waals surface area contributed by atoms with Crippen molar-refractivity contribution >= 4 is 11.9 Å². The number of halogens is 8. The average Bonchev–Trinajstić information content (AvgIpc) is 2.45. The number of rotatable bonds is 3. The number of carbonyl (C=O) groups excluding carboxylic acids is 2. The third-order valence-corrected chi connectivity index (χ3v) is 3.06. The molecule has 0 atom stereocenters. The van der Waals surface area contributed by atoms with Gasteiger partial charge in [0, 0.05) is 0 Å². The predicted molar refractivity (Wildman–Crippen MR) is 73.5 cm³/mol. The van der Waals surface area contributed by atoms with Gasteiger partial charge in [0.1, 0.15) is 0 Å². The van der Waals surface area contributed by atoms with E-state index in [9.17, 15) is 44.7 Å². The maximum Gasteiger partial charge on any atom is 0.491 e. The molecule has 0 aliphatic rings. The van der Waals surface area contributed by atoms with Gasteiger partial charge < -0.3 is 9.47 Å². The number of alkyl halides is 8. The van der Waals surface area contributed by atoms with Crippen LogP contribution in [0.15, 0.2) is 18.2 Å². The van der Waals surface area contributed by atoms with E-state index in [4.69, 9.17) is 0 Å². The molecule has 1 rings (SSSR count). The van der Waals surface area contributed by atoms with Gasteiger partial charge in [-0.25, -0.2) is 9.59 Å². The molecule has 0 bridgehead atoms. The molecule has 0 saturated carbocycles. The molecule has 0 unspecified atom stereocenters. The summed E-state index contributed by atoms with van der Waals surface area (Å²) in [4.78, 5) is 22.1. The summed E-state index contributed by atoms with van der Waals surface area (Å²) in [6.07, 6.45) is -11.8. The highest BCUT2D eigenvalue weighted by Crippen LogP contribution is 2.39. The maximum absolute atomic E-state index is 13.0. The maximum atomic E-state index is 13.0. The molecule has 0 heterocycles. The quantitative estimate of drug-likeness (QED) is 0.418. The van der Waals surface area contributed by atoms with Crippen LogP contribution in [-0.2, 0) is 15.0 Å². The molecule has 152 valence electrons. The molecular weight excluding hydrogens is 396 g/mol. The van der Waals surface area contributed by atoms with Crippen LogP contribution in [0.4, 0.5) is 35.1 Å². The van der Waals surface area contributed by atoms with Crippen LogP contribution in [0.25, 0.3) is 0 Å². The summed E-state index contributed by atoms with van der Waals surface area (Å²) in [6.45, 7) is 4.71. The molecule has 1 aromatic rings. The third-order valence-electron chi connectivity index (χ3n) is 3.06. The Bertz CT molecular complexity index is 729. The first kappa shape index (κ1) is 22.6. The van der Waals surface area contributed by atoms with Crippen molar-refractivity contribution in [1.82, 2.24) is 0 Å². The summed E-state index contributed by atoms with van der Waals surface area (Å²) in [5.74, 6) is -14.2. The van der Waals surface area contributed by atoms with Gasteiger partial charge in [0.25, 0.3) is 0 Å². The Hall–Kier alpha value is -2.40. The summed E-state index contributed by atoms with van der Waals surface area (Å²) in [5, 5.41) is 0. The molecule has 0 amide bonds. The summed E-state index contributed by atoms with van der Waals surface area (Å²) in [7, 11) is 0. The van der Waals surface area contributed by atoms with Crippen molar-refractivity contribution in [3.8, 4) is 11.5 Å². The third kappa shape index (κ3) is 5.30. The van der Waals surface area contributed by atoms with Crippen LogP contribution < -0.4 is 9.47 Å². The Kier molecular flexibility index (Phi) is 5.84. The Balaban J connectivity index is 3.35. The monoisotopic (exact) mass is 408 g/mol. The van der Waals surface area contributed by atoms with E-state index >= 15 is 0 Å². The van der Waals surface area contributed by atoms with Crippen LogP contribution >= 0.6 is 0 Å². The highest BCUT2D eigenvalue weighted by atomic mass is 19.4. The van der Waals surface area contributed by atoms with Crippen LogP contribution in [-0.4, -0.2) is 30.2 Å². The second-order valence-corrected chi connectivity index (χ2v) is 6.26. The van der Waals surface area contributed by atoms with Crippen molar-refractivity contribution in [2.75, 3.05) is 0 Å². The van der Waals surface area contributed by atoms with Crippen molar-refractivity contribution in [2.24, 2.45) is 0 Å². The van der Waals surface area contributed by atoms with E-state index in [1.54, 1.807) is 20.8 Å². The van der Waals surface area contributed by atoms with Gasteiger partial charge in [-0.1, -0.05) is 26.8 Å². The highest BCUT2D eigenvalue weighted by molar-refractivity contribution is 5.83. The molecule has 27 heavy (non-hydrogen) atoms. The van der Waals surface area contributed by atoms with Gasteiger partial charge in [-0.3, -0.25) is 0 Å². The molecular formula is C15H12F8O4. The molecule has 0 radical (unpaired) electrons. The van der Waals surface area contributed by atoms with Crippen molar-refractivity contribution in [3.63, 3.8) is 0 Å². The van der Waals surface area contributed by atoms with Crippen LogP contribution in [0.1, 0.15) is 26.3 Å². The first-order chi connectivity index (χ1) is 11.9. The van der Waals surface area contributed by atoms with E-state index in [2.05, 4.69) is 9.47 Å². The van der Waals surface area contributed by atoms with Gasteiger partial charge in [0.2, 0.25) is 0 Å². The smallest absolute Gasteiger partial charge is 0.418 e. The zero-order valence-electron chi connectivity index (χ0n) is 13.9. The topological polar surface area (TPSA) is 52.6 Å². The molecule has 0 aliphatic heterocycles. The Morgan fingerprint density at radius 1 is 0.778 bits per heavy atom. The lowest BCUT2D eigenvalue weighted by Crippen LogP contribution is -2.46. The number of carbonyl (C=O) groups is 2. The Morgan fingerprint density at radius 3 is 1.67 bits per heavy atom. The lowest BCUT2D eigenvalue weighted by Gasteiger charge is -2.22. The first-order valence-electron chi connectivity index (χ1n) is 6.97. The number of esters is 2. The predicted octanol–water partition coefficient (Wildman–Crippen LogP) is 4.55. The van der Waals surface area contributed by atoms with Crippen LogP contribution in [0.5, 0.6) is 11.5 Å². The van der Waals surface area contributed by atoms with Gasteiger partial charge in [-0.2, -0.15) is 35.1 Å². The SMILES string of the molecule is CC(C)(C)c1ccc(OC(=O)C(F)(F)F)c(OC(=O)C(F)(F)C(F)(F)F)c1. The first-order valence-corrected chi connectivity index (χ1v) is 6.97. The molecule has 4 nitrogen and oxygen atoms in total. The molecule has 1 aromatic carbocycles. The fourth-order valence-electron chi connectivity index (χ4n) is 1.58.